The van der Waals surface area contributed by atoms with Gasteiger partial charge in [-0.2, -0.15) is 0 Å². The fraction of sp³-hybridized carbons (Fsp3) is 0.130. The Morgan fingerprint density at radius 3 is 2.26 bits per heavy atom. The molecule has 0 aliphatic carbocycles. The van der Waals surface area contributed by atoms with E-state index in [2.05, 4.69) is 9.71 Å². The number of imidazole rings is 1. The van der Waals surface area contributed by atoms with Gasteiger partial charge in [-0.25, -0.2) is 13.2 Å². The first-order valence-corrected chi connectivity index (χ1v) is 11.1. The van der Waals surface area contributed by atoms with Gasteiger partial charge >= 0.3 is 5.69 Å². The zero-order valence-corrected chi connectivity index (χ0v) is 18.2. The Hall–Kier alpha value is -3.65. The summed E-state index contributed by atoms with van der Waals surface area (Å²) in [6, 6.07) is 14.2. The number of anilines is 1. The number of fused-ring (bicyclic) bond motifs is 1. The maximum atomic E-state index is 13.1. The highest BCUT2D eigenvalue weighted by Crippen LogP contribution is 2.25. The summed E-state index contributed by atoms with van der Waals surface area (Å²) in [6.45, 7) is 1.72. The van der Waals surface area contributed by atoms with E-state index >= 15 is 0 Å². The first-order valence-electron chi connectivity index (χ1n) is 9.63. The van der Waals surface area contributed by atoms with Crippen LogP contribution in [0.2, 0.25) is 0 Å². The zero-order chi connectivity index (χ0) is 22.2. The van der Waals surface area contributed by atoms with Crippen LogP contribution in [0, 0.1) is 6.92 Å². The van der Waals surface area contributed by atoms with Gasteiger partial charge in [0.1, 0.15) is 0 Å². The molecule has 4 rings (SSSR count). The van der Waals surface area contributed by atoms with Gasteiger partial charge in [0.25, 0.3) is 10.0 Å². The van der Waals surface area contributed by atoms with E-state index in [1.165, 1.54) is 9.13 Å². The number of nitrogens with zero attached hydrogens (tertiary/aromatic N) is 3. The van der Waals surface area contributed by atoms with Gasteiger partial charge in [0.2, 0.25) is 0 Å². The fourth-order valence-electron chi connectivity index (χ4n) is 3.50. The third-order valence-electron chi connectivity index (χ3n) is 5.17. The molecule has 0 atom stereocenters. The molecule has 0 radical (unpaired) electrons. The number of hydrogen-bond acceptors (Lipinski definition) is 4. The van der Waals surface area contributed by atoms with Crippen LogP contribution in [0.5, 0.6) is 0 Å². The van der Waals surface area contributed by atoms with Gasteiger partial charge in [-0.05, 0) is 60.0 Å². The first kappa shape index (κ1) is 20.6. The van der Waals surface area contributed by atoms with E-state index in [4.69, 9.17) is 0 Å². The maximum absolute atomic E-state index is 13.1. The maximum Gasteiger partial charge on any atom is 0.328 e. The predicted molar refractivity (Wildman–Crippen MR) is 123 cm³/mol. The molecular formula is C23H22N4O3S. The lowest BCUT2D eigenvalue weighted by atomic mass is 10.1. The van der Waals surface area contributed by atoms with E-state index in [0.717, 1.165) is 11.1 Å². The number of pyridine rings is 1. The van der Waals surface area contributed by atoms with Gasteiger partial charge in [0.05, 0.1) is 15.9 Å². The molecule has 0 spiro atoms. The number of aromatic nitrogens is 3. The van der Waals surface area contributed by atoms with E-state index < -0.39 is 10.0 Å². The largest absolute Gasteiger partial charge is 0.328 e. The molecule has 2 aromatic carbocycles. The van der Waals surface area contributed by atoms with Crippen molar-refractivity contribution in [2.45, 2.75) is 11.8 Å². The Morgan fingerprint density at radius 2 is 1.55 bits per heavy atom. The Balaban J connectivity index is 1.67. The highest BCUT2D eigenvalue weighted by atomic mass is 32.2. The number of benzene rings is 2. The molecule has 31 heavy (non-hydrogen) atoms. The topological polar surface area (TPSA) is 86.0 Å². The second kappa shape index (κ2) is 7.88. The third-order valence-corrected chi connectivity index (χ3v) is 6.69. The molecule has 0 saturated heterocycles. The van der Waals surface area contributed by atoms with E-state index in [-0.39, 0.29) is 10.6 Å². The number of sulfonamides is 1. The zero-order valence-electron chi connectivity index (χ0n) is 17.4. The van der Waals surface area contributed by atoms with Crippen LogP contribution in [-0.2, 0) is 24.1 Å². The molecule has 4 aromatic rings. The van der Waals surface area contributed by atoms with E-state index in [9.17, 15) is 13.2 Å². The van der Waals surface area contributed by atoms with Gasteiger partial charge in [-0.15, -0.1) is 0 Å². The van der Waals surface area contributed by atoms with Crippen molar-refractivity contribution in [1.82, 2.24) is 14.1 Å². The first-order chi connectivity index (χ1) is 14.8. The van der Waals surface area contributed by atoms with Gasteiger partial charge < -0.3 is 0 Å². The van der Waals surface area contributed by atoms with Crippen molar-refractivity contribution in [2.24, 2.45) is 14.1 Å². The second-order valence-electron chi connectivity index (χ2n) is 7.35. The molecule has 0 aliphatic heterocycles. The van der Waals surface area contributed by atoms with Crippen LogP contribution in [0.3, 0.4) is 0 Å². The molecule has 0 fully saturated rings. The summed E-state index contributed by atoms with van der Waals surface area (Å²) in [7, 11) is -0.551. The molecule has 158 valence electrons. The highest BCUT2D eigenvalue weighted by Gasteiger charge is 2.20. The number of hydrogen-bond donors (Lipinski definition) is 1. The normalized spacial score (nSPS) is 12.0. The average Bonchev–Trinajstić information content (AvgIpc) is 2.96. The van der Waals surface area contributed by atoms with Crippen molar-refractivity contribution < 1.29 is 8.42 Å². The van der Waals surface area contributed by atoms with E-state index in [0.29, 0.717) is 22.3 Å². The minimum atomic E-state index is -3.85. The molecule has 7 nitrogen and oxygen atoms in total. The molecule has 8 heteroatoms. The Labute approximate surface area is 180 Å². The molecule has 2 heterocycles. The van der Waals surface area contributed by atoms with Crippen molar-refractivity contribution in [3.63, 3.8) is 0 Å². The van der Waals surface area contributed by atoms with Gasteiger partial charge in [-0.1, -0.05) is 24.3 Å². The smallest absolute Gasteiger partial charge is 0.295 e. The van der Waals surface area contributed by atoms with Crippen molar-refractivity contribution in [2.75, 3.05) is 4.72 Å². The standard InChI is InChI=1S/C23H22N4O3S/c1-16-13-20-21(27(3)23(28)26(20)2)15-22(16)31(29,30)25-19-6-4-5-18(14-19)8-7-17-9-11-24-12-10-17/h4-15,25H,1-3H3/b8-7+. The molecule has 2 aromatic heterocycles. The monoisotopic (exact) mass is 434 g/mol. The minimum Gasteiger partial charge on any atom is -0.295 e. The fourth-order valence-corrected chi connectivity index (χ4v) is 4.80. The average molecular weight is 435 g/mol. The van der Waals surface area contributed by atoms with Crippen LogP contribution in [0.4, 0.5) is 5.69 Å². The molecule has 0 unspecified atom stereocenters. The number of rotatable bonds is 5. The Bertz CT molecular complexity index is 1470. The van der Waals surface area contributed by atoms with Gasteiger partial charge in [0.15, 0.2) is 0 Å². The Morgan fingerprint density at radius 1 is 0.903 bits per heavy atom. The number of aryl methyl sites for hydroxylation is 3. The SMILES string of the molecule is Cc1cc2c(cc1S(=O)(=O)Nc1cccc(/C=C/c3ccncc3)c1)n(C)c(=O)n2C. The lowest BCUT2D eigenvalue weighted by Gasteiger charge is -2.12. The van der Waals surface area contributed by atoms with Crippen molar-refractivity contribution >= 4 is 38.9 Å². The van der Waals surface area contributed by atoms with Crippen LogP contribution >= 0.6 is 0 Å². The van der Waals surface area contributed by atoms with Crippen LogP contribution in [0.1, 0.15) is 16.7 Å². The summed E-state index contributed by atoms with van der Waals surface area (Å²) in [4.78, 5) is 16.3. The van der Waals surface area contributed by atoms with Crippen molar-refractivity contribution in [3.05, 3.63) is 88.1 Å². The molecular weight excluding hydrogens is 412 g/mol. The van der Waals surface area contributed by atoms with Gasteiger partial charge in [0, 0.05) is 32.2 Å². The van der Waals surface area contributed by atoms with E-state index in [1.807, 2.05) is 30.4 Å². The summed E-state index contributed by atoms with van der Waals surface area (Å²) in [5.74, 6) is 0. The molecule has 0 amide bonds. The summed E-state index contributed by atoms with van der Waals surface area (Å²) in [5, 5.41) is 0. The molecule has 1 N–H and O–H groups in total. The highest BCUT2D eigenvalue weighted by molar-refractivity contribution is 7.92. The summed E-state index contributed by atoms with van der Waals surface area (Å²) >= 11 is 0. The lowest BCUT2D eigenvalue weighted by Crippen LogP contribution is -2.19. The van der Waals surface area contributed by atoms with Crippen LogP contribution in [0.15, 0.2) is 70.6 Å². The Kier molecular flexibility index (Phi) is 5.24. The second-order valence-corrected chi connectivity index (χ2v) is 9.00. The minimum absolute atomic E-state index is 0.138. The van der Waals surface area contributed by atoms with Gasteiger partial charge in [-0.3, -0.25) is 18.8 Å². The van der Waals surface area contributed by atoms with Crippen molar-refractivity contribution in [3.8, 4) is 0 Å². The molecule has 0 bridgehead atoms. The van der Waals surface area contributed by atoms with Crippen LogP contribution in [-0.4, -0.2) is 22.5 Å². The molecule has 0 saturated carbocycles. The summed E-state index contributed by atoms with van der Waals surface area (Å²) in [5.41, 5.74) is 3.92. The van der Waals surface area contributed by atoms with Crippen LogP contribution in [0.25, 0.3) is 23.2 Å². The molecule has 0 aliphatic rings. The lowest BCUT2D eigenvalue weighted by molar-refractivity contribution is 0.600. The van der Waals surface area contributed by atoms with E-state index in [1.54, 1.807) is 63.7 Å². The third kappa shape index (κ3) is 4.02. The van der Waals surface area contributed by atoms with Crippen molar-refractivity contribution in [1.29, 1.82) is 0 Å². The van der Waals surface area contributed by atoms with Crippen LogP contribution < -0.4 is 10.4 Å². The predicted octanol–water partition coefficient (Wildman–Crippen LogP) is 3.55. The quantitative estimate of drug-likeness (QED) is 0.520. The summed E-state index contributed by atoms with van der Waals surface area (Å²) < 4.78 is 31.9. The number of nitrogens with one attached hydrogen (secondary N) is 1. The summed E-state index contributed by atoms with van der Waals surface area (Å²) in [6.07, 6.45) is 7.27.